The van der Waals surface area contributed by atoms with Gasteiger partial charge in [0.15, 0.2) is 0 Å². The van der Waals surface area contributed by atoms with Crippen molar-refractivity contribution in [2.45, 2.75) is 0 Å². The van der Waals surface area contributed by atoms with Gasteiger partial charge in [-0.15, -0.1) is 0 Å². The van der Waals surface area contributed by atoms with Gasteiger partial charge >= 0.3 is 0 Å². The molecule has 4 heterocycles. The first kappa shape index (κ1) is 32.2. The molecule has 4 heteroatoms. The quantitative estimate of drug-likeness (QED) is 0.165. The standard InChI is InChI=1S/C55H34N4/c1-3-17-36(18-4-1)57-49-27-12-10-25-42(49)46-33-47-45(34-52(46)57)39-22-7-11-26-48(39)56-53(47)35-16-15-21-38(32-35)59-51-29-14-9-24-41(51)44-31-30-43-40-23-8-13-28-50(40)58(54(43)55(44)59)37-19-5-2-6-20-37/h1-34H. The van der Waals surface area contributed by atoms with Gasteiger partial charge in [-0.25, -0.2) is 4.98 Å². The Morgan fingerprint density at radius 1 is 0.271 bits per heavy atom. The van der Waals surface area contributed by atoms with Crippen molar-refractivity contribution in [3.63, 3.8) is 0 Å². The van der Waals surface area contributed by atoms with E-state index in [1.54, 1.807) is 0 Å². The number of fused-ring (bicyclic) bond motifs is 13. The molecule has 13 aromatic rings. The van der Waals surface area contributed by atoms with Crippen molar-refractivity contribution >= 4 is 87.1 Å². The molecule has 0 spiro atoms. The number of pyridine rings is 1. The molecule has 0 aliphatic carbocycles. The topological polar surface area (TPSA) is 27.7 Å². The Kier molecular flexibility index (Phi) is 6.69. The predicted molar refractivity (Wildman–Crippen MR) is 248 cm³/mol. The lowest BCUT2D eigenvalue weighted by Crippen LogP contribution is -1.99. The van der Waals surface area contributed by atoms with Crippen molar-refractivity contribution in [3.05, 3.63) is 206 Å². The number of aromatic nitrogens is 4. The van der Waals surface area contributed by atoms with Crippen LogP contribution in [0.25, 0.3) is 115 Å². The minimum Gasteiger partial charge on any atom is -0.309 e. The van der Waals surface area contributed by atoms with Gasteiger partial charge in [-0.2, -0.15) is 0 Å². The summed E-state index contributed by atoms with van der Waals surface area (Å²) in [4.78, 5) is 5.48. The summed E-state index contributed by atoms with van der Waals surface area (Å²) >= 11 is 0. The zero-order chi connectivity index (χ0) is 38.6. The molecule has 0 amide bonds. The fraction of sp³-hybridized carbons (Fsp3) is 0. The molecule has 4 aromatic heterocycles. The van der Waals surface area contributed by atoms with Gasteiger partial charge in [-0.1, -0.05) is 133 Å². The van der Waals surface area contributed by atoms with Crippen LogP contribution in [0.3, 0.4) is 0 Å². The molecule has 0 saturated heterocycles. The van der Waals surface area contributed by atoms with Crippen LogP contribution in [0.15, 0.2) is 206 Å². The molecule has 9 aromatic carbocycles. The van der Waals surface area contributed by atoms with Gasteiger partial charge in [-0.3, -0.25) is 0 Å². The van der Waals surface area contributed by atoms with Crippen molar-refractivity contribution in [2.75, 3.05) is 0 Å². The van der Waals surface area contributed by atoms with E-state index >= 15 is 0 Å². The van der Waals surface area contributed by atoms with E-state index in [0.29, 0.717) is 0 Å². The van der Waals surface area contributed by atoms with Crippen LogP contribution in [-0.2, 0) is 0 Å². The average molecular weight is 751 g/mol. The Morgan fingerprint density at radius 2 is 0.763 bits per heavy atom. The number of benzene rings is 9. The van der Waals surface area contributed by atoms with Crippen molar-refractivity contribution in [3.8, 4) is 28.3 Å². The Balaban J connectivity index is 1.13. The van der Waals surface area contributed by atoms with E-state index in [1.807, 2.05) is 0 Å². The van der Waals surface area contributed by atoms with Crippen molar-refractivity contribution in [1.29, 1.82) is 0 Å². The Morgan fingerprint density at radius 3 is 1.41 bits per heavy atom. The summed E-state index contributed by atoms with van der Waals surface area (Å²) in [5, 5.41) is 10.8. The largest absolute Gasteiger partial charge is 0.309 e. The summed E-state index contributed by atoms with van der Waals surface area (Å²) in [5.41, 5.74) is 13.5. The normalized spacial score (nSPS) is 12.1. The highest BCUT2D eigenvalue weighted by molar-refractivity contribution is 6.24. The predicted octanol–water partition coefficient (Wildman–Crippen LogP) is 14.3. The Hall–Kier alpha value is -7.95. The van der Waals surface area contributed by atoms with Crippen molar-refractivity contribution < 1.29 is 0 Å². The maximum absolute atomic E-state index is 5.48. The Bertz CT molecular complexity index is 3830. The first-order valence-electron chi connectivity index (χ1n) is 20.2. The molecule has 0 saturated carbocycles. The van der Waals surface area contributed by atoms with Crippen LogP contribution in [0.5, 0.6) is 0 Å². The van der Waals surface area contributed by atoms with Crippen LogP contribution in [0, 0.1) is 0 Å². The Labute approximate surface area is 339 Å². The van der Waals surface area contributed by atoms with Gasteiger partial charge in [0.25, 0.3) is 0 Å². The van der Waals surface area contributed by atoms with Crippen LogP contribution in [-0.4, -0.2) is 18.7 Å². The van der Waals surface area contributed by atoms with Gasteiger partial charge < -0.3 is 13.7 Å². The second kappa shape index (κ2) is 12.3. The summed E-state index contributed by atoms with van der Waals surface area (Å²) in [7, 11) is 0. The number of rotatable bonds is 4. The highest BCUT2D eigenvalue weighted by Crippen LogP contribution is 2.44. The lowest BCUT2D eigenvalue weighted by atomic mass is 9.97. The third kappa shape index (κ3) is 4.57. The smallest absolute Gasteiger partial charge is 0.0789 e. The van der Waals surface area contributed by atoms with Gasteiger partial charge in [0.1, 0.15) is 0 Å². The molecule has 59 heavy (non-hydrogen) atoms. The van der Waals surface area contributed by atoms with E-state index in [-0.39, 0.29) is 0 Å². The SMILES string of the molecule is c1ccc(-n2c3ccccc3c3cc4c(-c5cccc(-n6c7ccccc7c7ccc8c9ccccc9n(-c9ccccc9)c8c76)c5)nc5ccccc5c4cc32)cc1. The van der Waals surface area contributed by atoms with Crippen molar-refractivity contribution in [1.82, 2.24) is 18.7 Å². The van der Waals surface area contributed by atoms with E-state index in [0.717, 1.165) is 44.6 Å². The number of para-hydroxylation sites is 6. The van der Waals surface area contributed by atoms with Crippen LogP contribution in [0.4, 0.5) is 0 Å². The first-order valence-corrected chi connectivity index (χ1v) is 20.2. The van der Waals surface area contributed by atoms with Crippen LogP contribution < -0.4 is 0 Å². The van der Waals surface area contributed by atoms with Crippen LogP contribution in [0.1, 0.15) is 0 Å². The van der Waals surface area contributed by atoms with E-state index in [4.69, 9.17) is 4.98 Å². The second-order valence-electron chi connectivity index (χ2n) is 15.5. The van der Waals surface area contributed by atoms with Gasteiger partial charge in [0, 0.05) is 65.7 Å². The maximum atomic E-state index is 5.48. The molecule has 0 radical (unpaired) electrons. The van der Waals surface area contributed by atoms with Crippen LogP contribution >= 0.6 is 0 Å². The van der Waals surface area contributed by atoms with Gasteiger partial charge in [0.05, 0.1) is 44.3 Å². The molecular weight excluding hydrogens is 717 g/mol. The van der Waals surface area contributed by atoms with Gasteiger partial charge in [-0.05, 0) is 78.2 Å². The highest BCUT2D eigenvalue weighted by atomic mass is 15.0. The molecule has 0 aliphatic heterocycles. The lowest BCUT2D eigenvalue weighted by molar-refractivity contribution is 1.15. The molecule has 0 bridgehead atoms. The van der Waals surface area contributed by atoms with Crippen LogP contribution in [0.2, 0.25) is 0 Å². The number of hydrogen-bond acceptors (Lipinski definition) is 1. The summed E-state index contributed by atoms with van der Waals surface area (Å²) < 4.78 is 7.32. The molecule has 274 valence electrons. The summed E-state index contributed by atoms with van der Waals surface area (Å²) in [6.45, 7) is 0. The summed E-state index contributed by atoms with van der Waals surface area (Å²) in [6, 6.07) is 74.8. The van der Waals surface area contributed by atoms with Crippen molar-refractivity contribution in [2.24, 2.45) is 0 Å². The van der Waals surface area contributed by atoms with E-state index in [1.165, 1.54) is 70.8 Å². The molecule has 0 aliphatic rings. The molecule has 0 atom stereocenters. The molecule has 4 nitrogen and oxygen atoms in total. The third-order valence-corrected chi connectivity index (χ3v) is 12.4. The van der Waals surface area contributed by atoms with E-state index < -0.39 is 0 Å². The van der Waals surface area contributed by atoms with E-state index in [2.05, 4.69) is 220 Å². The highest BCUT2D eigenvalue weighted by Gasteiger charge is 2.22. The molecule has 0 fully saturated rings. The minimum absolute atomic E-state index is 0.975. The first-order chi connectivity index (χ1) is 29.3. The second-order valence-corrected chi connectivity index (χ2v) is 15.5. The zero-order valence-electron chi connectivity index (χ0n) is 31.9. The summed E-state index contributed by atoms with van der Waals surface area (Å²) in [5.74, 6) is 0. The monoisotopic (exact) mass is 750 g/mol. The third-order valence-electron chi connectivity index (χ3n) is 12.4. The van der Waals surface area contributed by atoms with E-state index in [9.17, 15) is 0 Å². The average Bonchev–Trinajstić information content (AvgIpc) is 3.94. The van der Waals surface area contributed by atoms with Gasteiger partial charge in [0.2, 0.25) is 0 Å². The zero-order valence-corrected chi connectivity index (χ0v) is 31.9. The molecule has 0 N–H and O–H groups in total. The summed E-state index contributed by atoms with van der Waals surface area (Å²) in [6.07, 6.45) is 0. The fourth-order valence-corrected chi connectivity index (χ4v) is 9.90. The maximum Gasteiger partial charge on any atom is 0.0789 e. The fourth-order valence-electron chi connectivity index (χ4n) is 9.90. The number of nitrogens with zero attached hydrogens (tertiary/aromatic N) is 4. The molecule has 13 rings (SSSR count). The molecule has 0 unspecified atom stereocenters. The number of hydrogen-bond donors (Lipinski definition) is 0. The lowest BCUT2D eigenvalue weighted by Gasteiger charge is -2.15. The minimum atomic E-state index is 0.975. The molecular formula is C55H34N4.